The number of rotatable bonds is 5. The van der Waals surface area contributed by atoms with E-state index in [1.165, 1.54) is 0 Å². The van der Waals surface area contributed by atoms with Crippen molar-refractivity contribution in [3.63, 3.8) is 0 Å². The molecule has 0 aliphatic rings. The van der Waals surface area contributed by atoms with Gasteiger partial charge < -0.3 is 9.84 Å². The molecule has 16 heavy (non-hydrogen) atoms. The highest BCUT2D eigenvalue weighted by Gasteiger charge is 2.23. The molecule has 0 bridgehead atoms. The Hall–Kier alpha value is -0.0600. The van der Waals surface area contributed by atoms with Crippen molar-refractivity contribution < 1.29 is 9.84 Å². The second-order valence-corrected chi connectivity index (χ2v) is 5.56. The molecule has 0 heterocycles. The predicted molar refractivity (Wildman–Crippen MR) is 72.9 cm³/mol. The minimum absolute atomic E-state index is 0.320. The molecular weight excluding hydrogens is 336 g/mol. The maximum atomic E-state index is 10.1. The van der Waals surface area contributed by atoms with Crippen molar-refractivity contribution in [1.29, 1.82) is 0 Å². The summed E-state index contributed by atoms with van der Waals surface area (Å²) in [6.07, 6.45) is 1.38. The largest absolute Gasteiger partial charge is 0.489 e. The van der Waals surface area contributed by atoms with Crippen molar-refractivity contribution in [2.75, 3.05) is 6.61 Å². The molecule has 0 radical (unpaired) electrons. The zero-order valence-electron chi connectivity index (χ0n) is 9.46. The van der Waals surface area contributed by atoms with Gasteiger partial charge in [-0.1, -0.05) is 29.8 Å². The lowest BCUT2D eigenvalue weighted by Crippen LogP contribution is -2.34. The summed E-state index contributed by atoms with van der Waals surface area (Å²) < 4.78 is 7.50. The van der Waals surface area contributed by atoms with E-state index in [1.54, 1.807) is 0 Å². The van der Waals surface area contributed by atoms with E-state index in [1.807, 2.05) is 32.0 Å². The van der Waals surface area contributed by atoms with Gasteiger partial charge >= 0.3 is 0 Å². The molecule has 1 aromatic carbocycles. The van der Waals surface area contributed by atoms with Gasteiger partial charge in [-0.05, 0) is 47.0 Å². The molecule has 0 saturated carbocycles. The second-order valence-electron chi connectivity index (χ2n) is 3.79. The molecule has 90 valence electrons. The highest BCUT2D eigenvalue weighted by Crippen LogP contribution is 2.29. The Kier molecular flexibility index (Phi) is 5.28. The molecule has 1 N–H and O–H groups in total. The molecule has 1 rings (SSSR count). The number of hydrogen-bond donors (Lipinski definition) is 1. The van der Waals surface area contributed by atoms with Crippen molar-refractivity contribution in [2.45, 2.75) is 32.3 Å². The van der Waals surface area contributed by atoms with Crippen molar-refractivity contribution >= 4 is 31.9 Å². The van der Waals surface area contributed by atoms with Crippen LogP contribution in [-0.2, 0) is 0 Å². The molecule has 1 aromatic rings. The molecule has 0 aliphatic carbocycles. The maximum absolute atomic E-state index is 10.1. The first-order chi connectivity index (χ1) is 7.50. The molecule has 0 atom stereocenters. The van der Waals surface area contributed by atoms with Crippen LogP contribution in [0.4, 0.5) is 0 Å². The van der Waals surface area contributed by atoms with Crippen molar-refractivity contribution in [3.05, 3.63) is 27.1 Å². The number of halogens is 2. The standard InChI is InChI=1S/C12H16Br2O2/c1-3-12(15,4-2)8-16-11-6-5-9(13)7-10(11)14/h5-7,15H,3-4,8H2,1-2H3. The van der Waals surface area contributed by atoms with E-state index in [4.69, 9.17) is 4.74 Å². The fourth-order valence-corrected chi connectivity index (χ4v) is 2.42. The van der Waals surface area contributed by atoms with E-state index >= 15 is 0 Å². The van der Waals surface area contributed by atoms with Crippen LogP contribution < -0.4 is 4.74 Å². The van der Waals surface area contributed by atoms with Crippen LogP contribution in [0.3, 0.4) is 0 Å². The van der Waals surface area contributed by atoms with Crippen LogP contribution in [0.2, 0.25) is 0 Å². The Labute approximate surface area is 113 Å². The van der Waals surface area contributed by atoms with E-state index in [0.29, 0.717) is 19.4 Å². The minimum atomic E-state index is -0.730. The molecule has 0 saturated heterocycles. The molecule has 0 aromatic heterocycles. The first-order valence-electron chi connectivity index (χ1n) is 5.31. The van der Waals surface area contributed by atoms with Gasteiger partial charge in [0.05, 0.1) is 10.1 Å². The SMILES string of the molecule is CCC(O)(CC)COc1ccc(Br)cc1Br. The van der Waals surface area contributed by atoms with Gasteiger partial charge in [0.1, 0.15) is 12.4 Å². The third kappa shape index (κ3) is 3.75. The molecule has 0 unspecified atom stereocenters. The average Bonchev–Trinajstić information content (AvgIpc) is 2.27. The normalized spacial score (nSPS) is 11.6. The number of hydrogen-bond acceptors (Lipinski definition) is 2. The summed E-state index contributed by atoms with van der Waals surface area (Å²) in [7, 11) is 0. The maximum Gasteiger partial charge on any atom is 0.133 e. The molecule has 0 amide bonds. The second kappa shape index (κ2) is 6.03. The fraction of sp³-hybridized carbons (Fsp3) is 0.500. The average molecular weight is 352 g/mol. The quantitative estimate of drug-likeness (QED) is 0.863. The summed E-state index contributed by atoms with van der Waals surface area (Å²) in [5.41, 5.74) is -0.730. The van der Waals surface area contributed by atoms with Gasteiger partial charge in [-0.25, -0.2) is 0 Å². The first kappa shape index (κ1) is 14.0. The third-order valence-electron chi connectivity index (χ3n) is 2.71. The summed E-state index contributed by atoms with van der Waals surface area (Å²) in [4.78, 5) is 0. The smallest absolute Gasteiger partial charge is 0.133 e. The topological polar surface area (TPSA) is 29.5 Å². The summed E-state index contributed by atoms with van der Waals surface area (Å²) in [6.45, 7) is 4.24. The summed E-state index contributed by atoms with van der Waals surface area (Å²) in [5.74, 6) is 0.753. The Morgan fingerprint density at radius 1 is 1.25 bits per heavy atom. The lowest BCUT2D eigenvalue weighted by Gasteiger charge is -2.25. The van der Waals surface area contributed by atoms with E-state index in [9.17, 15) is 5.11 Å². The molecule has 0 aliphatic heterocycles. The van der Waals surface area contributed by atoms with Crippen LogP contribution in [0.5, 0.6) is 5.75 Å². The Balaban J connectivity index is 2.67. The van der Waals surface area contributed by atoms with Crippen molar-refractivity contribution in [2.24, 2.45) is 0 Å². The highest BCUT2D eigenvalue weighted by molar-refractivity contribution is 9.11. The van der Waals surface area contributed by atoms with Crippen molar-refractivity contribution in [3.8, 4) is 5.75 Å². The minimum Gasteiger partial charge on any atom is -0.489 e. The van der Waals surface area contributed by atoms with Gasteiger partial charge in [-0.2, -0.15) is 0 Å². The van der Waals surface area contributed by atoms with Gasteiger partial charge in [0.2, 0.25) is 0 Å². The van der Waals surface area contributed by atoms with E-state index in [2.05, 4.69) is 31.9 Å². The Morgan fingerprint density at radius 2 is 1.88 bits per heavy atom. The fourth-order valence-electron chi connectivity index (χ4n) is 1.26. The van der Waals surface area contributed by atoms with Gasteiger partial charge in [-0.15, -0.1) is 0 Å². The lowest BCUT2D eigenvalue weighted by molar-refractivity contribution is -0.0115. The first-order valence-corrected chi connectivity index (χ1v) is 6.89. The number of ether oxygens (including phenoxy) is 1. The van der Waals surface area contributed by atoms with Crippen LogP contribution in [-0.4, -0.2) is 17.3 Å². The molecular formula is C12H16Br2O2. The van der Waals surface area contributed by atoms with Crippen LogP contribution >= 0.6 is 31.9 Å². The van der Waals surface area contributed by atoms with Gasteiger partial charge in [0, 0.05) is 4.47 Å². The number of benzene rings is 1. The summed E-state index contributed by atoms with van der Waals surface area (Å²) in [5, 5.41) is 10.1. The van der Waals surface area contributed by atoms with Crippen LogP contribution in [0.25, 0.3) is 0 Å². The Morgan fingerprint density at radius 3 is 2.38 bits per heavy atom. The summed E-state index contributed by atoms with van der Waals surface area (Å²) >= 11 is 6.80. The molecule has 2 nitrogen and oxygen atoms in total. The third-order valence-corrected chi connectivity index (χ3v) is 3.82. The zero-order valence-corrected chi connectivity index (χ0v) is 12.6. The summed E-state index contributed by atoms with van der Waals surface area (Å²) in [6, 6.07) is 5.71. The lowest BCUT2D eigenvalue weighted by atomic mass is 9.99. The van der Waals surface area contributed by atoms with Crippen molar-refractivity contribution in [1.82, 2.24) is 0 Å². The van der Waals surface area contributed by atoms with E-state index in [-0.39, 0.29) is 0 Å². The van der Waals surface area contributed by atoms with Gasteiger partial charge in [0.25, 0.3) is 0 Å². The highest BCUT2D eigenvalue weighted by atomic mass is 79.9. The zero-order chi connectivity index (χ0) is 12.2. The molecule has 0 spiro atoms. The molecule has 0 fully saturated rings. The van der Waals surface area contributed by atoms with Crippen LogP contribution in [0.1, 0.15) is 26.7 Å². The van der Waals surface area contributed by atoms with Crippen LogP contribution in [0, 0.1) is 0 Å². The predicted octanol–water partition coefficient (Wildman–Crippen LogP) is 4.14. The van der Waals surface area contributed by atoms with Crippen LogP contribution in [0.15, 0.2) is 27.1 Å². The Bertz CT molecular complexity index is 349. The van der Waals surface area contributed by atoms with E-state index < -0.39 is 5.60 Å². The number of aliphatic hydroxyl groups is 1. The van der Waals surface area contributed by atoms with Gasteiger partial charge in [0.15, 0.2) is 0 Å². The monoisotopic (exact) mass is 350 g/mol. The van der Waals surface area contributed by atoms with E-state index in [0.717, 1.165) is 14.7 Å². The van der Waals surface area contributed by atoms with Gasteiger partial charge in [-0.3, -0.25) is 0 Å². The molecule has 4 heteroatoms.